The van der Waals surface area contributed by atoms with Crippen LogP contribution in [0.1, 0.15) is 12.0 Å². The van der Waals surface area contributed by atoms with Crippen LogP contribution >= 0.6 is 11.8 Å². The van der Waals surface area contributed by atoms with Gasteiger partial charge in [-0.1, -0.05) is 53.7 Å². The Morgan fingerprint density at radius 1 is 1.09 bits per heavy atom. The lowest BCUT2D eigenvalue weighted by molar-refractivity contribution is -0.116. The van der Waals surface area contributed by atoms with E-state index in [9.17, 15) is 14.0 Å². The number of para-hydroxylation sites is 2. The lowest BCUT2D eigenvalue weighted by Gasteiger charge is -2.22. The minimum Gasteiger partial charge on any atom is -0.311 e. The van der Waals surface area contributed by atoms with Crippen LogP contribution in [0.4, 0.5) is 10.1 Å². The Morgan fingerprint density at radius 3 is 2.53 bits per heavy atom. The number of nitrogens with zero attached hydrogens (tertiary/aromatic N) is 4. The van der Waals surface area contributed by atoms with Crippen LogP contribution in [0.3, 0.4) is 0 Å². The van der Waals surface area contributed by atoms with Crippen LogP contribution in [0, 0.1) is 24.1 Å². The molecule has 0 radical (unpaired) electrons. The van der Waals surface area contributed by atoms with E-state index in [4.69, 9.17) is 5.26 Å². The molecule has 0 fully saturated rings. The maximum absolute atomic E-state index is 14.7. The molecule has 0 bridgehead atoms. The third-order valence-electron chi connectivity index (χ3n) is 5.26. The van der Waals surface area contributed by atoms with Gasteiger partial charge >= 0.3 is 0 Å². The molecule has 1 aromatic heterocycles. The molecule has 4 aromatic rings. The lowest BCUT2D eigenvalue weighted by Crippen LogP contribution is -2.33. The van der Waals surface area contributed by atoms with E-state index in [-0.39, 0.29) is 35.5 Å². The molecule has 0 aliphatic heterocycles. The van der Waals surface area contributed by atoms with E-state index < -0.39 is 11.4 Å². The summed E-state index contributed by atoms with van der Waals surface area (Å²) in [4.78, 5) is 32.6. The van der Waals surface area contributed by atoms with Crippen molar-refractivity contribution in [3.05, 3.63) is 94.5 Å². The highest BCUT2D eigenvalue weighted by atomic mass is 32.2. The zero-order valence-electron chi connectivity index (χ0n) is 18.4. The highest BCUT2D eigenvalue weighted by Crippen LogP contribution is 2.24. The lowest BCUT2D eigenvalue weighted by atomic mass is 10.2. The quantitative estimate of drug-likeness (QED) is 0.283. The van der Waals surface area contributed by atoms with E-state index in [1.807, 2.05) is 31.2 Å². The van der Waals surface area contributed by atoms with Gasteiger partial charge in [0.1, 0.15) is 5.82 Å². The highest BCUT2D eigenvalue weighted by molar-refractivity contribution is 7.99. The first kappa shape index (κ1) is 23.2. The first-order valence-corrected chi connectivity index (χ1v) is 11.6. The second-order valence-corrected chi connectivity index (χ2v) is 8.52. The highest BCUT2D eigenvalue weighted by Gasteiger charge is 2.20. The smallest absolute Gasteiger partial charge is 0.266 e. The fourth-order valence-corrected chi connectivity index (χ4v) is 4.42. The van der Waals surface area contributed by atoms with E-state index in [2.05, 4.69) is 11.1 Å². The molecular weight excluding hydrogens is 451 g/mol. The summed E-state index contributed by atoms with van der Waals surface area (Å²) in [6.07, 6.45) is 0.179. The number of nitriles is 1. The fraction of sp³-hybridized carbons (Fsp3) is 0.154. The number of halogens is 1. The number of carbonyl (C=O) groups is 1. The molecule has 1 heterocycles. The summed E-state index contributed by atoms with van der Waals surface area (Å²) in [6.45, 7) is 2.19. The van der Waals surface area contributed by atoms with Crippen molar-refractivity contribution >= 4 is 34.3 Å². The zero-order valence-corrected chi connectivity index (χ0v) is 19.3. The molecule has 6 nitrogen and oxygen atoms in total. The van der Waals surface area contributed by atoms with Crippen LogP contribution in [-0.2, 0) is 4.79 Å². The SMILES string of the molecule is Cc1ccc(N(CCC#N)C(=O)CSc2nc3ccccc3c(=O)n2-c2ccccc2F)cc1. The van der Waals surface area contributed by atoms with Gasteiger partial charge in [-0.3, -0.25) is 14.2 Å². The van der Waals surface area contributed by atoms with Gasteiger partial charge in [-0.15, -0.1) is 0 Å². The number of thioether (sulfide) groups is 1. The molecule has 0 spiro atoms. The first-order chi connectivity index (χ1) is 16.5. The van der Waals surface area contributed by atoms with Crippen LogP contribution in [0.5, 0.6) is 0 Å². The molecule has 4 rings (SSSR count). The summed E-state index contributed by atoms with van der Waals surface area (Å²) in [5.74, 6) is -0.852. The monoisotopic (exact) mass is 472 g/mol. The largest absolute Gasteiger partial charge is 0.311 e. The van der Waals surface area contributed by atoms with Crippen molar-refractivity contribution < 1.29 is 9.18 Å². The Bertz CT molecular complexity index is 1440. The number of anilines is 1. The molecular formula is C26H21FN4O2S. The number of aryl methyl sites for hydroxylation is 1. The van der Waals surface area contributed by atoms with Gasteiger partial charge in [0.25, 0.3) is 5.56 Å². The average Bonchev–Trinajstić information content (AvgIpc) is 2.85. The summed E-state index contributed by atoms with van der Waals surface area (Å²) in [5.41, 5.74) is 1.87. The number of fused-ring (bicyclic) bond motifs is 1. The Hall–Kier alpha value is -3.96. The van der Waals surface area contributed by atoms with Gasteiger partial charge in [-0.05, 0) is 43.3 Å². The summed E-state index contributed by atoms with van der Waals surface area (Å²) >= 11 is 1.06. The molecule has 0 unspecified atom stereocenters. The first-order valence-electron chi connectivity index (χ1n) is 10.6. The molecule has 170 valence electrons. The Kier molecular flexibility index (Phi) is 7.04. The van der Waals surface area contributed by atoms with Gasteiger partial charge in [0, 0.05) is 12.2 Å². The van der Waals surface area contributed by atoms with Gasteiger partial charge in [0.2, 0.25) is 5.91 Å². The third kappa shape index (κ3) is 4.85. The molecule has 0 saturated heterocycles. The van der Waals surface area contributed by atoms with Crippen LogP contribution < -0.4 is 10.5 Å². The topological polar surface area (TPSA) is 79.0 Å². The Balaban J connectivity index is 1.71. The number of benzene rings is 3. The second-order valence-electron chi connectivity index (χ2n) is 7.58. The van der Waals surface area contributed by atoms with Gasteiger partial charge in [-0.2, -0.15) is 5.26 Å². The summed E-state index contributed by atoms with van der Waals surface area (Å²) in [7, 11) is 0. The van der Waals surface area contributed by atoms with Gasteiger partial charge in [0.15, 0.2) is 5.16 Å². The molecule has 3 aromatic carbocycles. The Labute approximate surface area is 200 Å². The molecule has 0 N–H and O–H groups in total. The minimum atomic E-state index is -0.565. The maximum atomic E-state index is 14.7. The predicted octanol–water partition coefficient (Wildman–Crippen LogP) is 4.87. The van der Waals surface area contributed by atoms with Gasteiger partial charge in [0.05, 0.1) is 34.8 Å². The van der Waals surface area contributed by atoms with Crippen molar-refractivity contribution in [1.29, 1.82) is 5.26 Å². The summed E-state index contributed by atoms with van der Waals surface area (Å²) in [6, 6.07) is 22.3. The molecule has 0 aliphatic carbocycles. The molecule has 0 aliphatic rings. The predicted molar refractivity (Wildman–Crippen MR) is 132 cm³/mol. The summed E-state index contributed by atoms with van der Waals surface area (Å²) in [5, 5.41) is 9.61. The molecule has 0 saturated carbocycles. The van der Waals surface area contributed by atoms with Gasteiger partial charge < -0.3 is 4.90 Å². The van der Waals surface area contributed by atoms with E-state index >= 15 is 0 Å². The normalized spacial score (nSPS) is 10.7. The van der Waals surface area contributed by atoms with Crippen molar-refractivity contribution in [3.63, 3.8) is 0 Å². The van der Waals surface area contributed by atoms with Crippen LogP contribution in [0.2, 0.25) is 0 Å². The van der Waals surface area contributed by atoms with Crippen molar-refractivity contribution in [3.8, 4) is 11.8 Å². The van der Waals surface area contributed by atoms with E-state index in [0.717, 1.165) is 17.3 Å². The molecule has 34 heavy (non-hydrogen) atoms. The van der Waals surface area contributed by atoms with E-state index in [1.54, 1.807) is 41.3 Å². The standard InChI is InChI=1S/C26H21FN4O2S/c1-18-11-13-19(14-12-18)30(16-6-15-28)24(32)17-34-26-29-22-9-4-2-7-20(22)25(33)31(26)23-10-5-3-8-21(23)27/h2-5,7-14H,6,16-17H2,1H3. The second kappa shape index (κ2) is 10.3. The average molecular weight is 473 g/mol. The van der Waals surface area contributed by atoms with Crippen molar-refractivity contribution in [1.82, 2.24) is 9.55 Å². The maximum Gasteiger partial charge on any atom is 0.266 e. The summed E-state index contributed by atoms with van der Waals surface area (Å²) < 4.78 is 15.9. The van der Waals surface area contributed by atoms with Gasteiger partial charge in [-0.25, -0.2) is 9.37 Å². The molecule has 8 heteroatoms. The Morgan fingerprint density at radius 2 is 1.79 bits per heavy atom. The fourth-order valence-electron chi connectivity index (χ4n) is 3.54. The molecule has 0 atom stereocenters. The number of rotatable bonds is 7. The van der Waals surface area contributed by atoms with Crippen molar-refractivity contribution in [2.24, 2.45) is 0 Å². The number of carbonyl (C=O) groups excluding carboxylic acids is 1. The van der Waals surface area contributed by atoms with Crippen LogP contribution in [0.25, 0.3) is 16.6 Å². The number of hydrogen-bond acceptors (Lipinski definition) is 5. The van der Waals surface area contributed by atoms with Crippen LogP contribution in [-0.4, -0.2) is 27.8 Å². The zero-order chi connectivity index (χ0) is 24.1. The van der Waals surface area contributed by atoms with E-state index in [1.165, 1.54) is 16.7 Å². The number of hydrogen-bond donors (Lipinski definition) is 0. The van der Waals surface area contributed by atoms with E-state index in [0.29, 0.717) is 16.6 Å². The van der Waals surface area contributed by atoms with Crippen molar-refractivity contribution in [2.45, 2.75) is 18.5 Å². The number of aromatic nitrogens is 2. The third-order valence-corrected chi connectivity index (χ3v) is 6.18. The minimum absolute atomic E-state index is 0.0431. The van der Waals surface area contributed by atoms with Crippen LogP contribution in [0.15, 0.2) is 82.7 Å². The van der Waals surface area contributed by atoms with Crippen molar-refractivity contribution in [2.75, 3.05) is 17.2 Å². The number of amides is 1. The molecule has 1 amide bonds.